The molecular formula is C14H9ClFN3O2S. The highest BCUT2D eigenvalue weighted by Crippen LogP contribution is 2.28. The first-order valence-corrected chi connectivity index (χ1v) is 7.40. The van der Waals surface area contributed by atoms with Crippen molar-refractivity contribution < 1.29 is 9.18 Å². The number of hydrogen-bond donors (Lipinski definition) is 2. The molecule has 0 aliphatic heterocycles. The first kappa shape index (κ1) is 14.7. The predicted octanol–water partition coefficient (Wildman–Crippen LogP) is 3.34. The van der Waals surface area contributed by atoms with Gasteiger partial charge in [-0.15, -0.1) is 11.3 Å². The first-order chi connectivity index (χ1) is 10.5. The molecular weight excluding hydrogens is 329 g/mol. The number of benzene rings is 1. The highest BCUT2D eigenvalue weighted by atomic mass is 35.5. The Labute approximate surface area is 132 Å². The van der Waals surface area contributed by atoms with E-state index in [1.165, 1.54) is 29.8 Å². The van der Waals surface area contributed by atoms with Gasteiger partial charge in [0.05, 0.1) is 28.0 Å². The average Bonchev–Trinajstić information content (AvgIpc) is 2.79. The fourth-order valence-electron chi connectivity index (χ4n) is 2.10. The second-order valence-corrected chi connectivity index (χ2v) is 6.13. The molecule has 0 saturated heterocycles. The number of anilines is 1. The maximum atomic E-state index is 13.0. The van der Waals surface area contributed by atoms with Gasteiger partial charge in [0.2, 0.25) is 0 Å². The molecule has 22 heavy (non-hydrogen) atoms. The van der Waals surface area contributed by atoms with Crippen molar-refractivity contribution >= 4 is 44.7 Å². The zero-order valence-corrected chi connectivity index (χ0v) is 12.8. The van der Waals surface area contributed by atoms with Crippen molar-refractivity contribution in [3.63, 3.8) is 0 Å². The summed E-state index contributed by atoms with van der Waals surface area (Å²) in [5.41, 5.74) is 0.131. The van der Waals surface area contributed by atoms with Crippen molar-refractivity contribution in [2.24, 2.45) is 0 Å². The maximum absolute atomic E-state index is 13.0. The van der Waals surface area contributed by atoms with Crippen LogP contribution in [0.5, 0.6) is 0 Å². The Hall–Kier alpha value is -2.25. The van der Waals surface area contributed by atoms with Crippen molar-refractivity contribution in [2.45, 2.75) is 6.92 Å². The molecule has 0 saturated carbocycles. The molecule has 8 heteroatoms. The Morgan fingerprint density at radius 2 is 2.23 bits per heavy atom. The van der Waals surface area contributed by atoms with Gasteiger partial charge in [-0.3, -0.25) is 9.59 Å². The second-order valence-electron chi connectivity index (χ2n) is 4.52. The van der Waals surface area contributed by atoms with Crippen LogP contribution in [-0.2, 0) is 0 Å². The van der Waals surface area contributed by atoms with Crippen LogP contribution >= 0.6 is 22.9 Å². The Morgan fingerprint density at radius 1 is 1.45 bits per heavy atom. The van der Waals surface area contributed by atoms with Gasteiger partial charge >= 0.3 is 0 Å². The summed E-state index contributed by atoms with van der Waals surface area (Å²) < 4.78 is 13.0. The molecule has 2 N–H and O–H groups in total. The summed E-state index contributed by atoms with van der Waals surface area (Å²) in [5.74, 6) is -0.989. The molecule has 3 aromatic rings. The van der Waals surface area contributed by atoms with Gasteiger partial charge in [-0.05, 0) is 25.1 Å². The minimum Gasteiger partial charge on any atom is -0.321 e. The predicted molar refractivity (Wildman–Crippen MR) is 84.3 cm³/mol. The molecule has 0 bridgehead atoms. The van der Waals surface area contributed by atoms with Crippen LogP contribution in [0.4, 0.5) is 10.1 Å². The Bertz CT molecular complexity index is 951. The number of nitrogens with zero attached hydrogens (tertiary/aromatic N) is 1. The molecule has 5 nitrogen and oxygen atoms in total. The molecule has 0 atom stereocenters. The van der Waals surface area contributed by atoms with Gasteiger partial charge in [0.25, 0.3) is 11.5 Å². The van der Waals surface area contributed by atoms with Gasteiger partial charge < -0.3 is 10.3 Å². The molecule has 1 amide bonds. The summed E-state index contributed by atoms with van der Waals surface area (Å²) in [6, 6.07) is 3.65. The fourth-order valence-corrected chi connectivity index (χ4v) is 3.31. The third-order valence-corrected chi connectivity index (χ3v) is 4.40. The van der Waals surface area contributed by atoms with Crippen LogP contribution < -0.4 is 10.9 Å². The SMILES string of the molecule is Cc1sc2nc[nH]c(=O)c2c1C(=O)Nc1ccc(F)cc1Cl. The largest absolute Gasteiger partial charge is 0.321 e. The van der Waals surface area contributed by atoms with E-state index in [0.29, 0.717) is 9.71 Å². The van der Waals surface area contributed by atoms with Crippen molar-refractivity contribution in [3.8, 4) is 0 Å². The summed E-state index contributed by atoms with van der Waals surface area (Å²) in [7, 11) is 0. The van der Waals surface area contributed by atoms with E-state index in [2.05, 4.69) is 15.3 Å². The Kier molecular flexibility index (Phi) is 3.67. The molecule has 0 spiro atoms. The maximum Gasteiger partial charge on any atom is 0.260 e. The van der Waals surface area contributed by atoms with Gasteiger partial charge in [-0.1, -0.05) is 11.6 Å². The van der Waals surface area contributed by atoms with E-state index in [1.807, 2.05) is 0 Å². The molecule has 0 unspecified atom stereocenters. The number of H-pyrrole nitrogens is 1. The number of rotatable bonds is 2. The van der Waals surface area contributed by atoms with Crippen LogP contribution in [0, 0.1) is 12.7 Å². The van der Waals surface area contributed by atoms with Crippen molar-refractivity contribution in [1.29, 1.82) is 0 Å². The number of halogens is 2. The van der Waals surface area contributed by atoms with Gasteiger partial charge in [-0.2, -0.15) is 0 Å². The number of thiophene rings is 1. The van der Waals surface area contributed by atoms with Crippen LogP contribution in [0.25, 0.3) is 10.2 Å². The van der Waals surface area contributed by atoms with E-state index in [-0.39, 0.29) is 27.2 Å². The lowest BCUT2D eigenvalue weighted by Crippen LogP contribution is -2.16. The van der Waals surface area contributed by atoms with Crippen LogP contribution in [0.3, 0.4) is 0 Å². The van der Waals surface area contributed by atoms with E-state index in [1.54, 1.807) is 6.92 Å². The van der Waals surface area contributed by atoms with Gasteiger partial charge in [0.15, 0.2) is 0 Å². The number of aromatic amines is 1. The van der Waals surface area contributed by atoms with E-state index < -0.39 is 11.7 Å². The van der Waals surface area contributed by atoms with Crippen LogP contribution in [0.1, 0.15) is 15.2 Å². The molecule has 112 valence electrons. The number of carbonyl (C=O) groups is 1. The van der Waals surface area contributed by atoms with E-state index >= 15 is 0 Å². The summed E-state index contributed by atoms with van der Waals surface area (Å²) in [6.45, 7) is 1.73. The summed E-state index contributed by atoms with van der Waals surface area (Å²) in [4.78, 5) is 32.0. The highest BCUT2D eigenvalue weighted by Gasteiger charge is 2.20. The van der Waals surface area contributed by atoms with Crippen molar-refractivity contribution in [3.05, 3.63) is 56.2 Å². The fraction of sp³-hybridized carbons (Fsp3) is 0.0714. The summed E-state index contributed by atoms with van der Waals surface area (Å²) in [5, 5.41) is 2.91. The lowest BCUT2D eigenvalue weighted by Gasteiger charge is -2.07. The number of aryl methyl sites for hydroxylation is 1. The third-order valence-electron chi connectivity index (χ3n) is 3.08. The van der Waals surface area contributed by atoms with Crippen LogP contribution in [0.2, 0.25) is 5.02 Å². The lowest BCUT2D eigenvalue weighted by molar-refractivity contribution is 0.102. The average molecular weight is 338 g/mol. The number of nitrogens with one attached hydrogen (secondary N) is 2. The van der Waals surface area contributed by atoms with Crippen LogP contribution in [0.15, 0.2) is 29.3 Å². The molecule has 0 fully saturated rings. The van der Waals surface area contributed by atoms with Crippen LogP contribution in [-0.4, -0.2) is 15.9 Å². The van der Waals surface area contributed by atoms with Crippen molar-refractivity contribution in [2.75, 3.05) is 5.32 Å². The Balaban J connectivity index is 2.06. The van der Waals surface area contributed by atoms with Gasteiger partial charge in [-0.25, -0.2) is 9.37 Å². The third kappa shape index (κ3) is 2.49. The minimum absolute atomic E-state index is 0.0811. The summed E-state index contributed by atoms with van der Waals surface area (Å²) in [6.07, 6.45) is 1.29. The topological polar surface area (TPSA) is 74.8 Å². The first-order valence-electron chi connectivity index (χ1n) is 6.20. The molecule has 2 aromatic heterocycles. The molecule has 0 aliphatic carbocycles. The van der Waals surface area contributed by atoms with E-state index in [0.717, 1.165) is 6.07 Å². The minimum atomic E-state index is -0.499. The Morgan fingerprint density at radius 3 is 2.95 bits per heavy atom. The number of hydrogen-bond acceptors (Lipinski definition) is 4. The lowest BCUT2D eigenvalue weighted by atomic mass is 10.1. The highest BCUT2D eigenvalue weighted by molar-refractivity contribution is 7.19. The normalized spacial score (nSPS) is 10.9. The van der Waals surface area contributed by atoms with E-state index in [4.69, 9.17) is 11.6 Å². The molecule has 1 aromatic carbocycles. The zero-order valence-electron chi connectivity index (χ0n) is 11.2. The van der Waals surface area contributed by atoms with E-state index in [9.17, 15) is 14.0 Å². The number of carbonyl (C=O) groups excluding carboxylic acids is 1. The summed E-state index contributed by atoms with van der Waals surface area (Å²) >= 11 is 7.15. The second kappa shape index (κ2) is 5.51. The standard InChI is InChI=1S/C14H9ClFN3O2S/c1-6-10(11-12(20)17-5-18-14(11)22-6)13(21)19-9-3-2-7(16)4-8(9)15/h2-5H,1H3,(H,19,21)(H,17,18,20). The molecule has 0 radical (unpaired) electrons. The number of fused-ring (bicyclic) bond motifs is 1. The quantitative estimate of drug-likeness (QED) is 0.753. The smallest absolute Gasteiger partial charge is 0.260 e. The zero-order chi connectivity index (χ0) is 15.9. The number of amides is 1. The van der Waals surface area contributed by atoms with Gasteiger partial charge in [0, 0.05) is 4.88 Å². The molecule has 2 heterocycles. The van der Waals surface area contributed by atoms with Gasteiger partial charge in [0.1, 0.15) is 10.6 Å². The molecule has 3 rings (SSSR count). The monoisotopic (exact) mass is 337 g/mol. The molecule has 0 aliphatic rings. The van der Waals surface area contributed by atoms with Crippen molar-refractivity contribution in [1.82, 2.24) is 9.97 Å². The number of aromatic nitrogens is 2.